The normalized spacial score (nSPS) is 12.8. The first-order chi connectivity index (χ1) is 12.2. The van der Waals surface area contributed by atoms with Gasteiger partial charge in [0.1, 0.15) is 12.1 Å². The van der Waals surface area contributed by atoms with Gasteiger partial charge in [0.15, 0.2) is 0 Å². The number of carbonyl (C=O) groups excluding carboxylic acids is 2. The molecule has 0 aliphatic heterocycles. The van der Waals surface area contributed by atoms with E-state index in [1.54, 1.807) is 0 Å². The Labute approximate surface area is 154 Å². The molecule has 26 heavy (non-hydrogen) atoms. The number of nitrogens with one attached hydrogen (secondary N) is 2. The summed E-state index contributed by atoms with van der Waals surface area (Å²) in [6.45, 7) is 2.88. The molecule has 0 aliphatic rings. The zero-order valence-corrected chi connectivity index (χ0v) is 15.8. The molecule has 8 heteroatoms. The molecule has 0 aliphatic carbocycles. The van der Waals surface area contributed by atoms with E-state index in [2.05, 4.69) is 10.6 Å². The molecule has 4 N–H and O–H groups in total. The smallest absolute Gasteiger partial charge is 0.325 e. The van der Waals surface area contributed by atoms with Crippen LogP contribution in [0, 0.1) is 0 Å². The van der Waals surface area contributed by atoms with Crippen molar-refractivity contribution in [3.63, 3.8) is 0 Å². The van der Waals surface area contributed by atoms with Gasteiger partial charge in [-0.25, -0.2) is 0 Å². The van der Waals surface area contributed by atoms with Crippen molar-refractivity contribution in [1.82, 2.24) is 10.6 Å². The van der Waals surface area contributed by atoms with Gasteiger partial charge in [-0.1, -0.05) is 38.5 Å². The number of hydrogen-bond donors (Lipinski definition) is 4. The van der Waals surface area contributed by atoms with Crippen molar-refractivity contribution in [2.24, 2.45) is 0 Å². The fourth-order valence-corrected chi connectivity index (χ4v) is 2.38. The maximum atomic E-state index is 11.5. The van der Waals surface area contributed by atoms with E-state index in [9.17, 15) is 19.2 Å². The number of carbonyl (C=O) groups is 4. The number of rotatable bonds is 15. The molecule has 0 aromatic rings. The SMILES string of the molecule is C[C@H](NC(=O)CCCCCCCCCCC(=O)N[C@@H](C)C(=O)O)C(=O)O. The van der Waals surface area contributed by atoms with Gasteiger partial charge in [-0.3, -0.25) is 19.2 Å². The summed E-state index contributed by atoms with van der Waals surface area (Å²) in [4.78, 5) is 44.2. The van der Waals surface area contributed by atoms with Crippen molar-refractivity contribution in [2.45, 2.75) is 90.1 Å². The lowest BCUT2D eigenvalue weighted by Crippen LogP contribution is -2.38. The maximum Gasteiger partial charge on any atom is 0.325 e. The minimum Gasteiger partial charge on any atom is -0.480 e. The lowest BCUT2D eigenvalue weighted by atomic mass is 10.1. The van der Waals surface area contributed by atoms with Crippen LogP contribution in [0.3, 0.4) is 0 Å². The molecule has 0 aromatic carbocycles. The second-order valence-corrected chi connectivity index (χ2v) is 6.58. The summed E-state index contributed by atoms with van der Waals surface area (Å²) in [5.74, 6) is -2.52. The molecular weight excluding hydrogens is 340 g/mol. The van der Waals surface area contributed by atoms with Gasteiger partial charge < -0.3 is 20.8 Å². The lowest BCUT2D eigenvalue weighted by molar-refractivity contribution is -0.141. The Morgan fingerprint density at radius 2 is 0.885 bits per heavy atom. The van der Waals surface area contributed by atoms with Crippen LogP contribution in [0.4, 0.5) is 0 Å². The third-order valence-corrected chi connectivity index (χ3v) is 4.05. The van der Waals surface area contributed by atoms with Crippen LogP contribution < -0.4 is 10.6 Å². The Kier molecular flexibility index (Phi) is 12.9. The Hall–Kier alpha value is -2.12. The summed E-state index contributed by atoms with van der Waals surface area (Å²) in [7, 11) is 0. The van der Waals surface area contributed by atoms with Crippen LogP contribution in [0.1, 0.15) is 78.1 Å². The topological polar surface area (TPSA) is 133 Å². The number of carboxylic acids is 2. The van der Waals surface area contributed by atoms with E-state index in [1.165, 1.54) is 13.8 Å². The van der Waals surface area contributed by atoms with Crippen LogP contribution in [-0.4, -0.2) is 46.0 Å². The monoisotopic (exact) mass is 372 g/mol. The van der Waals surface area contributed by atoms with E-state index in [0.717, 1.165) is 51.4 Å². The molecule has 0 aromatic heterocycles. The van der Waals surface area contributed by atoms with Crippen molar-refractivity contribution in [1.29, 1.82) is 0 Å². The number of aliphatic carboxylic acids is 2. The van der Waals surface area contributed by atoms with Crippen molar-refractivity contribution in [3.05, 3.63) is 0 Å². The van der Waals surface area contributed by atoms with Gasteiger partial charge in [0.2, 0.25) is 11.8 Å². The summed E-state index contributed by atoms with van der Waals surface area (Å²) in [5, 5.41) is 22.2. The van der Waals surface area contributed by atoms with E-state index in [1.807, 2.05) is 0 Å². The Bertz CT molecular complexity index is 425. The van der Waals surface area contributed by atoms with Crippen molar-refractivity contribution >= 4 is 23.8 Å². The predicted molar refractivity (Wildman–Crippen MR) is 96.7 cm³/mol. The fourth-order valence-electron chi connectivity index (χ4n) is 2.38. The first-order valence-electron chi connectivity index (χ1n) is 9.28. The van der Waals surface area contributed by atoms with E-state index < -0.39 is 24.0 Å². The average molecular weight is 372 g/mol. The number of unbranched alkanes of at least 4 members (excludes halogenated alkanes) is 7. The Morgan fingerprint density at radius 3 is 1.15 bits per heavy atom. The molecule has 2 amide bonds. The Balaban J connectivity index is 3.44. The molecule has 0 fully saturated rings. The second kappa shape index (κ2) is 14.1. The minimum absolute atomic E-state index is 0.226. The van der Waals surface area contributed by atoms with Crippen molar-refractivity contribution in [3.8, 4) is 0 Å². The molecular formula is C18H32N2O6. The molecule has 0 radical (unpaired) electrons. The summed E-state index contributed by atoms with van der Waals surface area (Å²) in [5.41, 5.74) is 0. The summed E-state index contributed by atoms with van der Waals surface area (Å²) >= 11 is 0. The largest absolute Gasteiger partial charge is 0.480 e. The van der Waals surface area contributed by atoms with Gasteiger partial charge >= 0.3 is 11.9 Å². The molecule has 0 rings (SSSR count). The third kappa shape index (κ3) is 13.2. The molecule has 0 heterocycles. The van der Waals surface area contributed by atoms with Crippen LogP contribution in [0.15, 0.2) is 0 Å². The first-order valence-corrected chi connectivity index (χ1v) is 9.28. The molecule has 0 spiro atoms. The fraction of sp³-hybridized carbons (Fsp3) is 0.778. The van der Waals surface area contributed by atoms with Crippen molar-refractivity contribution < 1.29 is 29.4 Å². The van der Waals surface area contributed by atoms with Gasteiger partial charge in [0, 0.05) is 12.8 Å². The van der Waals surface area contributed by atoms with E-state index in [4.69, 9.17) is 10.2 Å². The lowest BCUT2D eigenvalue weighted by Gasteiger charge is -2.09. The van der Waals surface area contributed by atoms with Gasteiger partial charge in [-0.05, 0) is 26.7 Å². The average Bonchev–Trinajstić information content (AvgIpc) is 2.56. The first kappa shape index (κ1) is 23.9. The maximum absolute atomic E-state index is 11.5. The van der Waals surface area contributed by atoms with Gasteiger partial charge in [-0.2, -0.15) is 0 Å². The standard InChI is InChI=1S/C18H32N2O6/c1-13(17(23)24)19-15(21)11-9-7-5-3-4-6-8-10-12-16(22)20-14(2)18(25)26/h13-14H,3-12H2,1-2H3,(H,19,21)(H,20,22)(H,23,24)(H,25,26)/t13-,14-/m0/s1. The number of carboxylic acid groups (broad SMARTS) is 2. The van der Waals surface area contributed by atoms with Crippen LogP contribution in [0.25, 0.3) is 0 Å². The van der Waals surface area contributed by atoms with E-state index >= 15 is 0 Å². The molecule has 8 nitrogen and oxygen atoms in total. The molecule has 0 saturated heterocycles. The number of hydrogen-bond acceptors (Lipinski definition) is 4. The van der Waals surface area contributed by atoms with Crippen LogP contribution in [0.5, 0.6) is 0 Å². The van der Waals surface area contributed by atoms with Crippen LogP contribution in [-0.2, 0) is 19.2 Å². The van der Waals surface area contributed by atoms with Gasteiger partial charge in [-0.15, -0.1) is 0 Å². The highest BCUT2D eigenvalue weighted by Gasteiger charge is 2.14. The quantitative estimate of drug-likeness (QED) is 0.325. The summed E-state index contributed by atoms with van der Waals surface area (Å²) in [6.07, 6.45) is 8.25. The summed E-state index contributed by atoms with van der Waals surface area (Å²) in [6, 6.07) is -1.70. The zero-order valence-electron chi connectivity index (χ0n) is 15.8. The highest BCUT2D eigenvalue weighted by molar-refractivity contribution is 5.83. The van der Waals surface area contributed by atoms with Crippen molar-refractivity contribution in [2.75, 3.05) is 0 Å². The summed E-state index contributed by atoms with van der Waals surface area (Å²) < 4.78 is 0. The van der Waals surface area contributed by atoms with E-state index in [0.29, 0.717) is 12.8 Å². The minimum atomic E-state index is -1.03. The molecule has 150 valence electrons. The molecule has 2 atom stereocenters. The zero-order chi connectivity index (χ0) is 19.9. The highest BCUT2D eigenvalue weighted by atomic mass is 16.4. The number of amides is 2. The third-order valence-electron chi connectivity index (χ3n) is 4.05. The van der Waals surface area contributed by atoms with Gasteiger partial charge in [0.25, 0.3) is 0 Å². The highest BCUT2D eigenvalue weighted by Crippen LogP contribution is 2.10. The molecule has 0 bridgehead atoms. The van der Waals surface area contributed by atoms with E-state index in [-0.39, 0.29) is 11.8 Å². The molecule has 0 saturated carbocycles. The Morgan fingerprint density at radius 1 is 0.615 bits per heavy atom. The van der Waals surface area contributed by atoms with Crippen LogP contribution in [0.2, 0.25) is 0 Å². The second-order valence-electron chi connectivity index (χ2n) is 6.58. The van der Waals surface area contributed by atoms with Crippen LogP contribution >= 0.6 is 0 Å². The predicted octanol–water partition coefficient (Wildman–Crippen LogP) is 2.07. The van der Waals surface area contributed by atoms with Gasteiger partial charge in [0.05, 0.1) is 0 Å². The molecule has 0 unspecified atom stereocenters.